The van der Waals surface area contributed by atoms with Gasteiger partial charge in [-0.2, -0.15) is 5.26 Å². The van der Waals surface area contributed by atoms with E-state index < -0.39 is 0 Å². The van der Waals surface area contributed by atoms with E-state index in [0.29, 0.717) is 21.6 Å². The second kappa shape index (κ2) is 6.68. The second-order valence-electron chi connectivity index (χ2n) is 3.77. The highest BCUT2D eigenvalue weighted by atomic mass is 79.9. The fourth-order valence-corrected chi connectivity index (χ4v) is 1.93. The second-order valence-corrected chi connectivity index (χ2v) is 4.52. The summed E-state index contributed by atoms with van der Waals surface area (Å²) in [5.41, 5.74) is 1.09. The maximum atomic E-state index is 12.0. The number of carbonyl (C=O) groups excluding carboxylic acids is 1. The van der Waals surface area contributed by atoms with Gasteiger partial charge >= 0.3 is 0 Å². The molecular formula is C14H10BrN3O2. The van der Waals surface area contributed by atoms with Crippen molar-refractivity contribution in [3.8, 4) is 11.8 Å². The average Bonchev–Trinajstić information content (AvgIpc) is 2.47. The summed E-state index contributed by atoms with van der Waals surface area (Å²) in [6, 6.07) is 12.0. The van der Waals surface area contributed by atoms with E-state index in [-0.39, 0.29) is 12.5 Å². The number of ether oxygens (including phenoxy) is 1. The lowest BCUT2D eigenvalue weighted by molar-refractivity contribution is 0.102. The average molecular weight is 332 g/mol. The summed E-state index contributed by atoms with van der Waals surface area (Å²) in [6.45, 7) is -0.00562. The van der Waals surface area contributed by atoms with Gasteiger partial charge in [-0.1, -0.05) is 0 Å². The third kappa shape index (κ3) is 3.56. The molecule has 0 unspecified atom stereocenters. The fraction of sp³-hybridized carbons (Fsp3) is 0.0714. The Kier molecular flexibility index (Phi) is 4.69. The minimum absolute atomic E-state index is 0.00562. The zero-order valence-electron chi connectivity index (χ0n) is 10.3. The lowest BCUT2D eigenvalue weighted by atomic mass is 10.2. The summed E-state index contributed by atoms with van der Waals surface area (Å²) < 4.78 is 5.62. The quantitative estimate of drug-likeness (QED) is 0.874. The van der Waals surface area contributed by atoms with Crippen LogP contribution >= 0.6 is 15.9 Å². The third-order valence-electron chi connectivity index (χ3n) is 2.42. The molecule has 2 aromatic rings. The maximum absolute atomic E-state index is 12.0. The third-order valence-corrected chi connectivity index (χ3v) is 3.05. The van der Waals surface area contributed by atoms with Crippen LogP contribution in [0.25, 0.3) is 0 Å². The van der Waals surface area contributed by atoms with Crippen molar-refractivity contribution in [2.75, 3.05) is 11.9 Å². The minimum Gasteiger partial charge on any atom is -0.479 e. The van der Waals surface area contributed by atoms with Gasteiger partial charge in [0.1, 0.15) is 16.4 Å². The molecule has 0 saturated carbocycles. The number of pyridine rings is 1. The first kappa shape index (κ1) is 14.0. The van der Waals surface area contributed by atoms with E-state index in [1.54, 1.807) is 42.6 Å². The van der Waals surface area contributed by atoms with Crippen molar-refractivity contribution in [2.45, 2.75) is 0 Å². The molecule has 1 aromatic carbocycles. The summed E-state index contributed by atoms with van der Waals surface area (Å²) in [7, 11) is 0. The number of benzene rings is 1. The van der Waals surface area contributed by atoms with Gasteiger partial charge in [-0.3, -0.25) is 4.79 Å². The van der Waals surface area contributed by atoms with E-state index in [2.05, 4.69) is 26.2 Å². The molecule has 6 heteroatoms. The van der Waals surface area contributed by atoms with E-state index in [9.17, 15) is 4.79 Å². The SMILES string of the molecule is N#CCOc1ccc(NC(=O)c2cccnc2Br)cc1. The van der Waals surface area contributed by atoms with E-state index in [1.165, 1.54) is 0 Å². The van der Waals surface area contributed by atoms with Crippen molar-refractivity contribution in [3.05, 3.63) is 52.8 Å². The highest BCUT2D eigenvalue weighted by Crippen LogP contribution is 2.18. The number of aromatic nitrogens is 1. The summed E-state index contributed by atoms with van der Waals surface area (Å²) in [5, 5.41) is 11.2. The Balaban J connectivity index is 2.05. The van der Waals surface area contributed by atoms with Crippen LogP contribution in [0.2, 0.25) is 0 Å². The summed E-state index contributed by atoms with van der Waals surface area (Å²) in [5.74, 6) is 0.322. The molecule has 0 aliphatic heterocycles. The molecule has 1 heterocycles. The Hall–Kier alpha value is -2.39. The number of carbonyl (C=O) groups is 1. The molecule has 1 aromatic heterocycles. The van der Waals surface area contributed by atoms with Crippen LogP contribution in [0, 0.1) is 11.3 Å². The highest BCUT2D eigenvalue weighted by molar-refractivity contribution is 9.10. The van der Waals surface area contributed by atoms with Crippen LogP contribution in [0.1, 0.15) is 10.4 Å². The Morgan fingerprint density at radius 1 is 1.35 bits per heavy atom. The van der Waals surface area contributed by atoms with Gasteiger partial charge in [-0.15, -0.1) is 0 Å². The largest absolute Gasteiger partial charge is 0.479 e. The van der Waals surface area contributed by atoms with Crippen LogP contribution in [0.4, 0.5) is 5.69 Å². The lowest BCUT2D eigenvalue weighted by Crippen LogP contribution is -2.12. The molecule has 2 rings (SSSR count). The smallest absolute Gasteiger partial charge is 0.258 e. The number of hydrogen-bond donors (Lipinski definition) is 1. The Morgan fingerprint density at radius 3 is 2.75 bits per heavy atom. The molecule has 0 spiro atoms. The van der Waals surface area contributed by atoms with Gasteiger partial charge in [-0.25, -0.2) is 4.98 Å². The molecule has 0 atom stereocenters. The standard InChI is InChI=1S/C14H10BrN3O2/c15-13-12(2-1-8-17-13)14(19)18-10-3-5-11(6-4-10)20-9-7-16/h1-6,8H,9H2,(H,18,19). The number of hydrogen-bond acceptors (Lipinski definition) is 4. The van der Waals surface area contributed by atoms with Gasteiger partial charge in [-0.05, 0) is 52.3 Å². The number of rotatable bonds is 4. The van der Waals surface area contributed by atoms with Gasteiger partial charge in [0, 0.05) is 11.9 Å². The molecule has 0 saturated heterocycles. The molecule has 20 heavy (non-hydrogen) atoms. The Labute approximate surface area is 124 Å². The van der Waals surface area contributed by atoms with Crippen LogP contribution in [0.15, 0.2) is 47.2 Å². The predicted molar refractivity (Wildman–Crippen MR) is 77.4 cm³/mol. The predicted octanol–water partition coefficient (Wildman–Crippen LogP) is 3.00. The number of nitriles is 1. The van der Waals surface area contributed by atoms with Crippen LogP contribution < -0.4 is 10.1 Å². The lowest BCUT2D eigenvalue weighted by Gasteiger charge is -2.07. The molecule has 100 valence electrons. The van der Waals surface area contributed by atoms with Crippen molar-refractivity contribution in [1.82, 2.24) is 4.98 Å². The molecule has 1 N–H and O–H groups in total. The molecule has 0 aliphatic carbocycles. The van der Waals surface area contributed by atoms with Gasteiger partial charge in [0.15, 0.2) is 6.61 Å². The normalized spacial score (nSPS) is 9.60. The number of nitrogens with zero attached hydrogens (tertiary/aromatic N) is 2. The van der Waals surface area contributed by atoms with Crippen LogP contribution in [0.5, 0.6) is 5.75 Å². The zero-order chi connectivity index (χ0) is 14.4. The van der Waals surface area contributed by atoms with E-state index in [4.69, 9.17) is 10.00 Å². The number of nitrogens with one attached hydrogen (secondary N) is 1. The van der Waals surface area contributed by atoms with Crippen LogP contribution in [-0.4, -0.2) is 17.5 Å². The number of halogens is 1. The van der Waals surface area contributed by atoms with E-state index in [0.717, 1.165) is 0 Å². The molecule has 0 bridgehead atoms. The minimum atomic E-state index is -0.254. The molecule has 1 amide bonds. The summed E-state index contributed by atoms with van der Waals surface area (Å²) in [6.07, 6.45) is 1.60. The Bertz CT molecular complexity index is 650. The highest BCUT2D eigenvalue weighted by Gasteiger charge is 2.10. The monoisotopic (exact) mass is 331 g/mol. The number of anilines is 1. The van der Waals surface area contributed by atoms with Crippen LogP contribution in [0.3, 0.4) is 0 Å². The van der Waals surface area contributed by atoms with E-state index >= 15 is 0 Å². The fourth-order valence-electron chi connectivity index (χ4n) is 1.50. The Morgan fingerprint density at radius 2 is 2.10 bits per heavy atom. The zero-order valence-corrected chi connectivity index (χ0v) is 11.9. The van der Waals surface area contributed by atoms with Crippen molar-refractivity contribution in [3.63, 3.8) is 0 Å². The first-order valence-electron chi connectivity index (χ1n) is 5.72. The molecule has 5 nitrogen and oxygen atoms in total. The van der Waals surface area contributed by atoms with E-state index in [1.807, 2.05) is 6.07 Å². The van der Waals surface area contributed by atoms with Crippen molar-refractivity contribution < 1.29 is 9.53 Å². The summed E-state index contributed by atoms with van der Waals surface area (Å²) in [4.78, 5) is 16.0. The number of amides is 1. The first-order chi connectivity index (χ1) is 9.70. The van der Waals surface area contributed by atoms with Crippen molar-refractivity contribution >= 4 is 27.5 Å². The van der Waals surface area contributed by atoms with Crippen molar-refractivity contribution in [1.29, 1.82) is 5.26 Å². The van der Waals surface area contributed by atoms with Gasteiger partial charge in [0.25, 0.3) is 5.91 Å². The van der Waals surface area contributed by atoms with Crippen molar-refractivity contribution in [2.24, 2.45) is 0 Å². The van der Waals surface area contributed by atoms with Crippen LogP contribution in [-0.2, 0) is 0 Å². The molecule has 0 radical (unpaired) electrons. The maximum Gasteiger partial charge on any atom is 0.258 e. The molecule has 0 aliphatic rings. The van der Waals surface area contributed by atoms with Gasteiger partial charge < -0.3 is 10.1 Å². The van der Waals surface area contributed by atoms with Gasteiger partial charge in [0.05, 0.1) is 5.56 Å². The summed E-state index contributed by atoms with van der Waals surface area (Å²) >= 11 is 3.23. The molecule has 0 fully saturated rings. The first-order valence-corrected chi connectivity index (χ1v) is 6.51. The topological polar surface area (TPSA) is 75.0 Å². The van der Waals surface area contributed by atoms with Gasteiger partial charge in [0.2, 0.25) is 0 Å². The molecular weight excluding hydrogens is 322 g/mol.